The molecule has 6 aromatic carbocycles. The Morgan fingerprint density at radius 2 is 1.02 bits per heavy atom. The second-order valence-corrected chi connectivity index (χ2v) is 11.8. The van der Waals surface area contributed by atoms with Crippen LogP contribution in [-0.2, 0) is 0 Å². The van der Waals surface area contributed by atoms with Crippen molar-refractivity contribution in [2.24, 2.45) is 0 Å². The summed E-state index contributed by atoms with van der Waals surface area (Å²) in [5.74, 6) is 0.993. The van der Waals surface area contributed by atoms with Crippen molar-refractivity contribution in [2.45, 2.75) is 6.92 Å². The van der Waals surface area contributed by atoms with Gasteiger partial charge in [-0.05, 0) is 41.5 Å². The molecule has 0 atom stereocenters. The summed E-state index contributed by atoms with van der Waals surface area (Å²) in [5.41, 5.74) is 12.0. The van der Waals surface area contributed by atoms with Crippen molar-refractivity contribution in [3.8, 4) is 45.2 Å². The first-order valence-electron chi connectivity index (χ1n) is 15.4. The monoisotopic (exact) mass is 590 g/mol. The Balaban J connectivity index is 0.980. The van der Waals surface area contributed by atoms with Crippen LogP contribution in [0.1, 0.15) is 6.92 Å². The predicted octanol–water partition coefficient (Wildman–Crippen LogP) is 9.38. The van der Waals surface area contributed by atoms with Gasteiger partial charge in [-0.25, -0.2) is 0 Å². The van der Waals surface area contributed by atoms with Crippen LogP contribution in [0, 0.1) is 0 Å². The van der Waals surface area contributed by atoms with Gasteiger partial charge >= 0.3 is 145 Å². The van der Waals surface area contributed by atoms with Crippen LogP contribution in [0.4, 0.5) is 0 Å². The van der Waals surface area contributed by atoms with Crippen LogP contribution >= 0.6 is 0 Å². The molecule has 0 saturated heterocycles. The van der Waals surface area contributed by atoms with Crippen LogP contribution in [0.15, 0.2) is 138 Å². The third kappa shape index (κ3) is 4.22. The minimum atomic E-state index is 0.496. The molecule has 0 amide bonds. The summed E-state index contributed by atoms with van der Waals surface area (Å²) >= 11 is 0. The molecule has 0 unspecified atom stereocenters. The van der Waals surface area contributed by atoms with Gasteiger partial charge in [-0.3, -0.25) is 0 Å². The van der Waals surface area contributed by atoms with E-state index in [1.54, 1.807) is 0 Å². The first kappa shape index (κ1) is 26.4. The van der Waals surface area contributed by atoms with Crippen molar-refractivity contribution in [2.75, 3.05) is 0 Å². The molecule has 0 saturated carbocycles. The zero-order valence-electron chi connectivity index (χ0n) is 25.2. The Morgan fingerprint density at radius 1 is 0.522 bits per heavy atom. The first-order valence-corrected chi connectivity index (χ1v) is 15.4. The van der Waals surface area contributed by atoms with Crippen molar-refractivity contribution in [1.29, 1.82) is 0 Å². The summed E-state index contributed by atoms with van der Waals surface area (Å²) in [6, 6.07) is 46.6. The van der Waals surface area contributed by atoms with E-state index in [1.165, 1.54) is 27.1 Å². The summed E-state index contributed by atoms with van der Waals surface area (Å²) in [6.07, 6.45) is 0. The number of benzene rings is 6. The topological polar surface area (TPSA) is 59.6 Å². The van der Waals surface area contributed by atoms with Gasteiger partial charge in [0.1, 0.15) is 0 Å². The average molecular weight is 590 g/mol. The van der Waals surface area contributed by atoms with Gasteiger partial charge in [0, 0.05) is 27.4 Å². The van der Waals surface area contributed by atoms with Gasteiger partial charge in [0.2, 0.25) is 5.89 Å². The summed E-state index contributed by atoms with van der Waals surface area (Å²) in [4.78, 5) is 3.50. The summed E-state index contributed by atoms with van der Waals surface area (Å²) in [6.45, 7) is 2.04. The molecule has 0 fully saturated rings. The zero-order valence-corrected chi connectivity index (χ0v) is 25.2. The third-order valence-corrected chi connectivity index (χ3v) is 8.92. The number of fused-ring (bicyclic) bond motifs is 6. The van der Waals surface area contributed by atoms with Gasteiger partial charge in [-0.2, -0.15) is 0 Å². The molecular formula is C40H27BN4O. The number of nitrogens with zero attached hydrogens (tertiary/aromatic N) is 3. The van der Waals surface area contributed by atoms with Gasteiger partial charge in [0.15, 0.2) is 0 Å². The molecule has 0 aliphatic heterocycles. The van der Waals surface area contributed by atoms with E-state index in [0.717, 1.165) is 55.5 Å². The molecular weight excluding hydrogens is 563 g/mol. The second-order valence-electron chi connectivity index (χ2n) is 11.8. The number of para-hydroxylation sites is 2. The molecule has 0 spiro atoms. The van der Waals surface area contributed by atoms with E-state index in [1.807, 2.05) is 31.2 Å². The van der Waals surface area contributed by atoms with Crippen LogP contribution in [0.2, 0.25) is 0 Å². The van der Waals surface area contributed by atoms with Crippen molar-refractivity contribution in [3.63, 3.8) is 0 Å². The zero-order chi connectivity index (χ0) is 30.8. The van der Waals surface area contributed by atoms with Crippen LogP contribution in [0.5, 0.6) is 0 Å². The predicted molar refractivity (Wildman–Crippen MR) is 192 cm³/mol. The molecule has 46 heavy (non-hydrogen) atoms. The summed E-state index contributed by atoms with van der Waals surface area (Å²) in [5, 5.41) is 13.6. The molecule has 0 aliphatic carbocycles. The number of aromatic amines is 1. The Hall–Kier alpha value is -6.01. The van der Waals surface area contributed by atoms with Crippen molar-refractivity contribution >= 4 is 56.7 Å². The van der Waals surface area contributed by atoms with E-state index >= 15 is 0 Å². The minimum absolute atomic E-state index is 0.496. The molecule has 0 bridgehead atoms. The number of nitrogens with one attached hydrogen (secondary N) is 1. The van der Waals surface area contributed by atoms with Gasteiger partial charge in [-0.1, -0.05) is 36.4 Å². The van der Waals surface area contributed by atoms with Gasteiger partial charge in [0.25, 0.3) is 0 Å². The molecule has 3 heterocycles. The number of hydrogen-bond donors (Lipinski definition) is 1. The molecule has 6 heteroatoms. The molecule has 0 aliphatic rings. The number of rotatable bonds is 5. The fourth-order valence-corrected chi connectivity index (χ4v) is 6.66. The molecule has 9 rings (SSSR count). The first-order chi connectivity index (χ1) is 22.6. The van der Waals surface area contributed by atoms with Crippen LogP contribution in [0.25, 0.3) is 88.8 Å². The number of aromatic nitrogens is 4. The van der Waals surface area contributed by atoms with E-state index in [-0.39, 0.29) is 0 Å². The fourth-order valence-electron chi connectivity index (χ4n) is 6.66. The standard InChI is InChI=1S/C40H27BN4O/c1-24(41)45-37-9-5-3-7-32(37)34-23-30(19-21-38(34)45)26-12-16-28(17-13-26)40-44-43-39(46-40)27-14-10-25(11-15-27)29-18-20-36-33(22-29)31-6-2-4-8-35(31)42-36/h2-23,41-42H,1H3. The molecule has 3 aromatic heterocycles. The Bertz CT molecular complexity index is 2610. The van der Waals surface area contributed by atoms with E-state index in [9.17, 15) is 0 Å². The SMILES string of the molecule is B=C(C)n1c2ccccc2c2cc(-c3ccc(-c4nnc(-c5ccc(-c6ccc7[nH]c8ccccc8c7c6)cc5)o4)cc3)ccc21. The normalized spacial score (nSPS) is 11.7. The third-order valence-electron chi connectivity index (χ3n) is 8.92. The quantitative estimate of drug-likeness (QED) is 0.203. The molecule has 1 N–H and O–H groups in total. The van der Waals surface area contributed by atoms with E-state index < -0.39 is 0 Å². The Kier molecular flexibility index (Phi) is 5.90. The average Bonchev–Trinajstić information content (AvgIpc) is 3.82. The van der Waals surface area contributed by atoms with E-state index in [2.05, 4.69) is 136 Å². The fraction of sp³-hybridized carbons (Fsp3) is 0.0250. The van der Waals surface area contributed by atoms with Gasteiger partial charge in [-0.15, -0.1) is 5.10 Å². The van der Waals surface area contributed by atoms with E-state index in [0.29, 0.717) is 11.8 Å². The molecule has 0 radical (unpaired) electrons. The second kappa shape index (κ2) is 10.3. The van der Waals surface area contributed by atoms with Crippen LogP contribution in [-0.4, -0.2) is 32.8 Å². The summed E-state index contributed by atoms with van der Waals surface area (Å²) in [7, 11) is 4.21. The Labute approximate surface area is 265 Å². The number of hydrogen-bond acceptors (Lipinski definition) is 3. The van der Waals surface area contributed by atoms with Crippen molar-refractivity contribution in [1.82, 2.24) is 19.7 Å². The molecule has 5 nitrogen and oxygen atoms in total. The Morgan fingerprint density at radius 3 is 1.70 bits per heavy atom. The summed E-state index contributed by atoms with van der Waals surface area (Å²) < 4.78 is 8.36. The maximum absolute atomic E-state index is 6.14. The van der Waals surface area contributed by atoms with Gasteiger partial charge in [0.05, 0.1) is 0 Å². The number of H-pyrrole nitrogens is 1. The van der Waals surface area contributed by atoms with Crippen molar-refractivity contribution in [3.05, 3.63) is 133 Å². The van der Waals surface area contributed by atoms with Crippen LogP contribution < -0.4 is 0 Å². The maximum atomic E-state index is 6.14. The molecule has 9 aromatic rings. The van der Waals surface area contributed by atoms with Gasteiger partial charge < -0.3 is 4.98 Å². The van der Waals surface area contributed by atoms with Crippen LogP contribution in [0.3, 0.4) is 0 Å². The van der Waals surface area contributed by atoms with E-state index in [4.69, 9.17) is 4.42 Å². The van der Waals surface area contributed by atoms with Crippen molar-refractivity contribution < 1.29 is 4.42 Å². The molecule has 216 valence electrons.